The summed E-state index contributed by atoms with van der Waals surface area (Å²) in [5.74, 6) is -0.337. The molecule has 0 aliphatic carbocycles. The molecule has 0 spiro atoms. The molecule has 0 saturated heterocycles. The number of benzene rings is 1. The smallest absolute Gasteiger partial charge is 0.123 e. The minimum atomic E-state index is -0.838. The van der Waals surface area contributed by atoms with Crippen molar-refractivity contribution in [3.63, 3.8) is 0 Å². The Morgan fingerprint density at radius 1 is 1.44 bits per heavy atom. The normalized spacial score (nSPS) is 12.7. The third-order valence-corrected chi connectivity index (χ3v) is 3.03. The van der Waals surface area contributed by atoms with Gasteiger partial charge in [0.25, 0.3) is 0 Å². The number of hydrogen-bond acceptors (Lipinski definition) is 2. The summed E-state index contributed by atoms with van der Waals surface area (Å²) in [5.41, 5.74) is 2.16. The van der Waals surface area contributed by atoms with Crippen LogP contribution >= 0.6 is 0 Å². The van der Waals surface area contributed by atoms with Crippen molar-refractivity contribution in [1.82, 2.24) is 9.55 Å². The molecule has 2 rings (SSSR count). The highest BCUT2D eigenvalue weighted by molar-refractivity contribution is 5.33. The Labute approximate surface area is 106 Å². The van der Waals surface area contributed by atoms with Crippen molar-refractivity contribution in [2.75, 3.05) is 0 Å². The van der Waals surface area contributed by atoms with Crippen LogP contribution in [0.1, 0.15) is 36.3 Å². The number of rotatable bonds is 4. The first-order valence-corrected chi connectivity index (χ1v) is 6.07. The number of halogens is 1. The predicted molar refractivity (Wildman–Crippen MR) is 67.7 cm³/mol. The average Bonchev–Trinajstić information content (AvgIpc) is 2.80. The summed E-state index contributed by atoms with van der Waals surface area (Å²) in [6.45, 7) is 4.71. The zero-order chi connectivity index (χ0) is 13.1. The molecule has 1 atom stereocenters. The van der Waals surface area contributed by atoms with Crippen LogP contribution in [0.5, 0.6) is 0 Å². The van der Waals surface area contributed by atoms with Gasteiger partial charge in [0.05, 0.1) is 18.2 Å². The molecular formula is C14H17FN2O. The molecule has 0 amide bonds. The number of nitrogens with zero attached hydrogens (tertiary/aromatic N) is 2. The van der Waals surface area contributed by atoms with Gasteiger partial charge in [-0.05, 0) is 36.6 Å². The Morgan fingerprint density at radius 2 is 2.22 bits per heavy atom. The quantitative estimate of drug-likeness (QED) is 0.903. The van der Waals surface area contributed by atoms with E-state index in [-0.39, 0.29) is 5.82 Å². The van der Waals surface area contributed by atoms with E-state index in [1.807, 2.05) is 11.5 Å². The second-order valence-electron chi connectivity index (χ2n) is 4.42. The molecule has 1 unspecified atom stereocenters. The van der Waals surface area contributed by atoms with Gasteiger partial charge < -0.3 is 9.67 Å². The van der Waals surface area contributed by atoms with E-state index in [0.717, 1.165) is 18.5 Å². The maximum atomic E-state index is 13.3. The number of aliphatic hydroxyl groups is 1. The molecule has 0 bridgehead atoms. The lowest BCUT2D eigenvalue weighted by atomic mass is 10.0. The van der Waals surface area contributed by atoms with Crippen LogP contribution < -0.4 is 0 Å². The SMILES string of the molecule is CCCn1cncc1C(O)c1cc(F)ccc1C. The number of aryl methyl sites for hydroxylation is 2. The minimum Gasteiger partial charge on any atom is -0.382 e. The highest BCUT2D eigenvalue weighted by Crippen LogP contribution is 2.25. The molecule has 0 radical (unpaired) electrons. The summed E-state index contributed by atoms with van der Waals surface area (Å²) in [5, 5.41) is 10.4. The average molecular weight is 248 g/mol. The monoisotopic (exact) mass is 248 g/mol. The Hall–Kier alpha value is -1.68. The minimum absolute atomic E-state index is 0.337. The lowest BCUT2D eigenvalue weighted by Gasteiger charge is -2.16. The second kappa shape index (κ2) is 5.31. The molecule has 3 nitrogen and oxygen atoms in total. The first-order chi connectivity index (χ1) is 8.63. The van der Waals surface area contributed by atoms with Gasteiger partial charge in [0, 0.05) is 6.54 Å². The summed E-state index contributed by atoms with van der Waals surface area (Å²) in [6, 6.07) is 4.45. The zero-order valence-corrected chi connectivity index (χ0v) is 10.6. The van der Waals surface area contributed by atoms with Crippen LogP contribution in [-0.2, 0) is 6.54 Å². The molecule has 2 aromatic rings. The summed E-state index contributed by atoms with van der Waals surface area (Å²) in [6.07, 6.45) is 3.44. The molecule has 96 valence electrons. The van der Waals surface area contributed by atoms with Crippen LogP contribution in [0.25, 0.3) is 0 Å². The van der Waals surface area contributed by atoms with E-state index < -0.39 is 6.10 Å². The highest BCUT2D eigenvalue weighted by Gasteiger charge is 2.17. The predicted octanol–water partition coefficient (Wildman–Crippen LogP) is 2.82. The van der Waals surface area contributed by atoms with Gasteiger partial charge in [-0.25, -0.2) is 9.37 Å². The van der Waals surface area contributed by atoms with Crippen molar-refractivity contribution in [3.8, 4) is 0 Å². The van der Waals surface area contributed by atoms with E-state index >= 15 is 0 Å². The fourth-order valence-electron chi connectivity index (χ4n) is 2.05. The zero-order valence-electron chi connectivity index (χ0n) is 10.6. The first kappa shape index (κ1) is 12.8. The van der Waals surface area contributed by atoms with Crippen LogP contribution in [-0.4, -0.2) is 14.7 Å². The van der Waals surface area contributed by atoms with Crippen LogP contribution in [0.4, 0.5) is 4.39 Å². The standard InChI is InChI=1S/C14H17FN2O/c1-3-6-17-9-16-8-13(17)14(18)12-7-11(15)5-4-10(12)2/h4-5,7-9,14,18H,3,6H2,1-2H3. The van der Waals surface area contributed by atoms with Gasteiger partial charge in [-0.15, -0.1) is 0 Å². The second-order valence-corrected chi connectivity index (χ2v) is 4.42. The third-order valence-electron chi connectivity index (χ3n) is 3.03. The molecule has 1 N–H and O–H groups in total. The fourth-order valence-corrected chi connectivity index (χ4v) is 2.05. The molecular weight excluding hydrogens is 231 g/mol. The fraction of sp³-hybridized carbons (Fsp3) is 0.357. The Balaban J connectivity index is 2.38. The largest absolute Gasteiger partial charge is 0.382 e. The van der Waals surface area contributed by atoms with E-state index in [0.29, 0.717) is 11.3 Å². The Kier molecular flexibility index (Phi) is 3.77. The molecule has 0 aliphatic rings. The summed E-state index contributed by atoms with van der Waals surface area (Å²) < 4.78 is 15.2. The van der Waals surface area contributed by atoms with Gasteiger partial charge in [0.15, 0.2) is 0 Å². The van der Waals surface area contributed by atoms with Gasteiger partial charge in [-0.2, -0.15) is 0 Å². The molecule has 0 fully saturated rings. The van der Waals surface area contributed by atoms with Gasteiger partial charge in [-0.3, -0.25) is 0 Å². The Bertz CT molecular complexity index is 536. The topological polar surface area (TPSA) is 38.0 Å². The maximum absolute atomic E-state index is 13.3. The van der Waals surface area contributed by atoms with Crippen LogP contribution in [0.15, 0.2) is 30.7 Å². The molecule has 1 aromatic carbocycles. The molecule has 0 aliphatic heterocycles. The number of hydrogen-bond donors (Lipinski definition) is 1. The highest BCUT2D eigenvalue weighted by atomic mass is 19.1. The van der Waals surface area contributed by atoms with E-state index in [1.165, 1.54) is 12.1 Å². The molecule has 0 saturated carbocycles. The van der Waals surface area contributed by atoms with Crippen LogP contribution in [0, 0.1) is 12.7 Å². The maximum Gasteiger partial charge on any atom is 0.123 e. The number of aromatic nitrogens is 2. The third kappa shape index (κ3) is 2.43. The summed E-state index contributed by atoms with van der Waals surface area (Å²) in [4.78, 5) is 4.05. The van der Waals surface area contributed by atoms with Crippen molar-refractivity contribution < 1.29 is 9.50 Å². The van der Waals surface area contributed by atoms with Gasteiger partial charge in [0.2, 0.25) is 0 Å². The van der Waals surface area contributed by atoms with Crippen molar-refractivity contribution in [2.45, 2.75) is 32.9 Å². The molecule has 1 heterocycles. The summed E-state index contributed by atoms with van der Waals surface area (Å²) in [7, 11) is 0. The van der Waals surface area contributed by atoms with Crippen molar-refractivity contribution in [1.29, 1.82) is 0 Å². The Morgan fingerprint density at radius 3 is 2.94 bits per heavy atom. The van der Waals surface area contributed by atoms with Crippen molar-refractivity contribution in [3.05, 3.63) is 53.4 Å². The van der Waals surface area contributed by atoms with Crippen LogP contribution in [0.2, 0.25) is 0 Å². The molecule has 4 heteroatoms. The lowest BCUT2D eigenvalue weighted by Crippen LogP contribution is -2.09. The van der Waals surface area contributed by atoms with E-state index in [2.05, 4.69) is 11.9 Å². The number of imidazole rings is 1. The first-order valence-electron chi connectivity index (χ1n) is 6.07. The summed E-state index contributed by atoms with van der Waals surface area (Å²) >= 11 is 0. The molecule has 18 heavy (non-hydrogen) atoms. The van der Waals surface area contributed by atoms with E-state index in [4.69, 9.17) is 0 Å². The van der Waals surface area contributed by atoms with Gasteiger partial charge in [-0.1, -0.05) is 13.0 Å². The number of aliphatic hydroxyl groups excluding tert-OH is 1. The van der Waals surface area contributed by atoms with Gasteiger partial charge >= 0.3 is 0 Å². The van der Waals surface area contributed by atoms with Crippen LogP contribution in [0.3, 0.4) is 0 Å². The van der Waals surface area contributed by atoms with Crippen molar-refractivity contribution >= 4 is 0 Å². The van der Waals surface area contributed by atoms with Crippen molar-refractivity contribution in [2.24, 2.45) is 0 Å². The van der Waals surface area contributed by atoms with E-state index in [9.17, 15) is 9.50 Å². The molecule has 1 aromatic heterocycles. The van der Waals surface area contributed by atoms with E-state index in [1.54, 1.807) is 18.6 Å². The lowest BCUT2D eigenvalue weighted by molar-refractivity contribution is 0.208. The van der Waals surface area contributed by atoms with Gasteiger partial charge in [0.1, 0.15) is 11.9 Å².